The minimum absolute atomic E-state index is 0.0508. The molecule has 0 aliphatic rings. The molecule has 0 radical (unpaired) electrons. The van der Waals surface area contributed by atoms with Gasteiger partial charge in [0.1, 0.15) is 6.54 Å². The first kappa shape index (κ1) is 14.5. The Morgan fingerprint density at radius 2 is 2.22 bits per heavy atom. The zero-order chi connectivity index (χ0) is 16.6. The molecular formula is C13H11N5O5. The SMILES string of the molecule is Cn1ccc(NC(=O)Cn2c(=O)oc3cc([N+](=O)[O-])ccc32)n1. The highest BCUT2D eigenvalue weighted by Crippen LogP contribution is 2.20. The first-order valence-electron chi connectivity index (χ1n) is 6.51. The minimum Gasteiger partial charge on any atom is -0.407 e. The van der Waals surface area contributed by atoms with Gasteiger partial charge in [0.2, 0.25) is 5.91 Å². The van der Waals surface area contributed by atoms with Crippen LogP contribution in [0.2, 0.25) is 0 Å². The predicted molar refractivity (Wildman–Crippen MR) is 79.0 cm³/mol. The molecule has 3 rings (SSSR count). The number of carbonyl (C=O) groups excluding carboxylic acids is 1. The largest absolute Gasteiger partial charge is 0.420 e. The van der Waals surface area contributed by atoms with Crippen molar-refractivity contribution in [2.24, 2.45) is 7.05 Å². The average molecular weight is 317 g/mol. The van der Waals surface area contributed by atoms with E-state index >= 15 is 0 Å². The molecule has 0 fully saturated rings. The highest BCUT2D eigenvalue weighted by molar-refractivity contribution is 5.90. The Morgan fingerprint density at radius 1 is 1.43 bits per heavy atom. The minimum atomic E-state index is -0.767. The summed E-state index contributed by atoms with van der Waals surface area (Å²) in [6.45, 7) is -0.291. The maximum absolute atomic E-state index is 12.0. The van der Waals surface area contributed by atoms with Gasteiger partial charge >= 0.3 is 5.76 Å². The number of amides is 1. The van der Waals surface area contributed by atoms with Gasteiger partial charge in [0.15, 0.2) is 11.4 Å². The predicted octanol–water partition coefficient (Wildman–Crippen LogP) is 0.875. The summed E-state index contributed by atoms with van der Waals surface area (Å²) in [6, 6.07) is 5.36. The molecule has 0 spiro atoms. The fourth-order valence-electron chi connectivity index (χ4n) is 2.13. The average Bonchev–Trinajstić information content (AvgIpc) is 3.02. The molecule has 1 amide bonds. The van der Waals surface area contributed by atoms with Gasteiger partial charge in [-0.1, -0.05) is 0 Å². The van der Waals surface area contributed by atoms with Crippen LogP contribution in [-0.4, -0.2) is 25.2 Å². The first-order valence-corrected chi connectivity index (χ1v) is 6.51. The number of nitro groups is 1. The molecule has 0 aliphatic heterocycles. The van der Waals surface area contributed by atoms with Gasteiger partial charge in [-0.05, 0) is 6.07 Å². The van der Waals surface area contributed by atoms with Crippen molar-refractivity contribution in [3.05, 3.63) is 51.1 Å². The van der Waals surface area contributed by atoms with Crippen molar-refractivity contribution in [3.8, 4) is 0 Å². The molecule has 118 valence electrons. The number of nitrogens with zero attached hydrogens (tertiary/aromatic N) is 4. The lowest BCUT2D eigenvalue weighted by Crippen LogP contribution is -2.25. The number of aromatic nitrogens is 3. The van der Waals surface area contributed by atoms with E-state index in [2.05, 4.69) is 10.4 Å². The molecule has 0 saturated heterocycles. The zero-order valence-electron chi connectivity index (χ0n) is 11.9. The number of carbonyl (C=O) groups is 1. The summed E-state index contributed by atoms with van der Waals surface area (Å²) in [4.78, 5) is 34.0. The van der Waals surface area contributed by atoms with Crippen LogP contribution in [0, 0.1) is 10.1 Å². The van der Waals surface area contributed by atoms with E-state index in [-0.39, 0.29) is 17.8 Å². The third-order valence-corrected chi connectivity index (χ3v) is 3.15. The van der Waals surface area contributed by atoms with Crippen LogP contribution in [0.15, 0.2) is 39.7 Å². The standard InChI is InChI=1S/C13H11N5O5/c1-16-5-4-11(15-16)14-12(19)7-17-9-3-2-8(18(21)22)6-10(9)23-13(17)20/h2-6H,7H2,1H3,(H,14,15,19). The van der Waals surface area contributed by atoms with Gasteiger partial charge in [-0.2, -0.15) is 5.10 Å². The van der Waals surface area contributed by atoms with Gasteiger partial charge in [-0.25, -0.2) is 4.79 Å². The lowest BCUT2D eigenvalue weighted by molar-refractivity contribution is -0.384. The number of fused-ring (bicyclic) bond motifs is 1. The van der Waals surface area contributed by atoms with Crippen LogP contribution in [0.5, 0.6) is 0 Å². The molecule has 0 atom stereocenters. The number of non-ortho nitro benzene ring substituents is 1. The topological polar surface area (TPSA) is 125 Å². The summed E-state index contributed by atoms with van der Waals surface area (Å²) in [7, 11) is 1.71. The molecule has 0 aliphatic carbocycles. The molecule has 3 aromatic rings. The summed E-state index contributed by atoms with van der Waals surface area (Å²) < 4.78 is 7.56. The summed E-state index contributed by atoms with van der Waals surface area (Å²) in [5, 5.41) is 17.3. The van der Waals surface area contributed by atoms with Crippen molar-refractivity contribution in [2.45, 2.75) is 6.54 Å². The van der Waals surface area contributed by atoms with E-state index in [0.717, 1.165) is 10.6 Å². The Hall–Kier alpha value is -3.43. The Bertz CT molecular complexity index is 967. The molecule has 0 unspecified atom stereocenters. The van der Waals surface area contributed by atoms with E-state index in [1.54, 1.807) is 19.3 Å². The quantitative estimate of drug-likeness (QED) is 0.562. The van der Waals surface area contributed by atoms with Crippen LogP contribution in [0.3, 0.4) is 0 Å². The van der Waals surface area contributed by atoms with Crippen molar-refractivity contribution in [3.63, 3.8) is 0 Å². The van der Waals surface area contributed by atoms with Crippen molar-refractivity contribution in [2.75, 3.05) is 5.32 Å². The third-order valence-electron chi connectivity index (χ3n) is 3.15. The number of hydrogen-bond acceptors (Lipinski definition) is 6. The Labute approximate surface area is 128 Å². The van der Waals surface area contributed by atoms with E-state index in [0.29, 0.717) is 11.3 Å². The van der Waals surface area contributed by atoms with E-state index in [9.17, 15) is 19.7 Å². The van der Waals surface area contributed by atoms with Crippen molar-refractivity contribution >= 4 is 28.5 Å². The summed E-state index contributed by atoms with van der Waals surface area (Å²) in [6.07, 6.45) is 1.66. The van der Waals surface area contributed by atoms with E-state index in [4.69, 9.17) is 4.42 Å². The van der Waals surface area contributed by atoms with Gasteiger partial charge in [0.25, 0.3) is 5.69 Å². The second kappa shape index (κ2) is 5.40. The van der Waals surface area contributed by atoms with Gasteiger partial charge in [0, 0.05) is 25.4 Å². The summed E-state index contributed by atoms with van der Waals surface area (Å²) >= 11 is 0. The zero-order valence-corrected chi connectivity index (χ0v) is 11.9. The van der Waals surface area contributed by atoms with Crippen LogP contribution in [0.25, 0.3) is 11.1 Å². The number of anilines is 1. The first-order chi connectivity index (χ1) is 10.9. The van der Waals surface area contributed by atoms with E-state index in [1.165, 1.54) is 16.8 Å². The smallest absolute Gasteiger partial charge is 0.407 e. The maximum atomic E-state index is 12.0. The van der Waals surface area contributed by atoms with Crippen LogP contribution >= 0.6 is 0 Å². The van der Waals surface area contributed by atoms with Crippen LogP contribution in [-0.2, 0) is 18.4 Å². The highest BCUT2D eigenvalue weighted by Gasteiger charge is 2.16. The second-order valence-corrected chi connectivity index (χ2v) is 4.79. The molecule has 0 bridgehead atoms. The molecule has 1 aromatic carbocycles. The third kappa shape index (κ3) is 2.81. The normalized spacial score (nSPS) is 10.8. The molecule has 1 N–H and O–H groups in total. The van der Waals surface area contributed by atoms with Crippen LogP contribution < -0.4 is 11.1 Å². The number of rotatable bonds is 4. The Kier molecular flexibility index (Phi) is 3.41. The van der Waals surface area contributed by atoms with Gasteiger partial charge in [-0.15, -0.1) is 0 Å². The summed E-state index contributed by atoms with van der Waals surface area (Å²) in [5.74, 6) is -0.877. The lowest BCUT2D eigenvalue weighted by atomic mass is 10.3. The maximum Gasteiger partial charge on any atom is 0.420 e. The van der Waals surface area contributed by atoms with Crippen molar-refractivity contribution in [1.82, 2.24) is 14.3 Å². The van der Waals surface area contributed by atoms with Crippen LogP contribution in [0.4, 0.5) is 11.5 Å². The number of nitrogens with one attached hydrogen (secondary N) is 1. The fraction of sp³-hybridized carbons (Fsp3) is 0.154. The molecule has 10 nitrogen and oxygen atoms in total. The second-order valence-electron chi connectivity index (χ2n) is 4.79. The number of nitro benzene ring substituents is 1. The van der Waals surface area contributed by atoms with Crippen molar-refractivity contribution in [1.29, 1.82) is 0 Å². The number of aryl methyl sites for hydroxylation is 1. The fourth-order valence-corrected chi connectivity index (χ4v) is 2.13. The highest BCUT2D eigenvalue weighted by atomic mass is 16.6. The van der Waals surface area contributed by atoms with Crippen molar-refractivity contribution < 1.29 is 14.1 Å². The molecule has 23 heavy (non-hydrogen) atoms. The van der Waals surface area contributed by atoms with E-state index < -0.39 is 16.6 Å². The van der Waals surface area contributed by atoms with Gasteiger partial charge in [0.05, 0.1) is 16.5 Å². The van der Waals surface area contributed by atoms with Gasteiger partial charge < -0.3 is 9.73 Å². The molecular weight excluding hydrogens is 306 g/mol. The lowest BCUT2D eigenvalue weighted by Gasteiger charge is -2.02. The summed E-state index contributed by atoms with van der Waals surface area (Å²) in [5.41, 5.74) is 0.156. The number of benzene rings is 1. The van der Waals surface area contributed by atoms with Gasteiger partial charge in [-0.3, -0.25) is 24.2 Å². The Balaban J connectivity index is 1.87. The number of oxazole rings is 1. The number of hydrogen-bond donors (Lipinski definition) is 1. The monoisotopic (exact) mass is 317 g/mol. The Morgan fingerprint density at radius 3 is 2.87 bits per heavy atom. The van der Waals surface area contributed by atoms with Crippen LogP contribution in [0.1, 0.15) is 0 Å². The van der Waals surface area contributed by atoms with E-state index in [1.807, 2.05) is 0 Å². The molecule has 0 saturated carbocycles. The molecule has 2 aromatic heterocycles. The molecule has 2 heterocycles. The molecule has 10 heteroatoms.